The zero-order valence-corrected chi connectivity index (χ0v) is 10.4. The van der Waals surface area contributed by atoms with Crippen LogP contribution in [0.2, 0.25) is 0 Å². The molecule has 0 radical (unpaired) electrons. The first-order valence-electron chi connectivity index (χ1n) is 5.08. The molecular formula is C11H11BrN2O2. The molecule has 2 aromatic rings. The van der Waals surface area contributed by atoms with Crippen molar-refractivity contribution in [3.8, 4) is 5.75 Å². The molecule has 16 heavy (non-hydrogen) atoms. The van der Waals surface area contributed by atoms with Crippen LogP contribution in [-0.2, 0) is 4.74 Å². The van der Waals surface area contributed by atoms with Crippen LogP contribution < -0.4 is 4.74 Å². The highest BCUT2D eigenvalue weighted by molar-refractivity contribution is 9.10. The highest BCUT2D eigenvalue weighted by Gasteiger charge is 2.21. The van der Waals surface area contributed by atoms with E-state index in [9.17, 15) is 0 Å². The van der Waals surface area contributed by atoms with Crippen LogP contribution >= 0.6 is 15.9 Å². The number of methoxy groups -OCH3 is 1. The minimum atomic E-state index is 0.386. The molecule has 1 saturated heterocycles. The fourth-order valence-corrected chi connectivity index (χ4v) is 2.29. The fraction of sp³-hybridized carbons (Fsp3) is 0.364. The van der Waals surface area contributed by atoms with E-state index >= 15 is 0 Å². The highest BCUT2D eigenvalue weighted by Crippen LogP contribution is 2.30. The number of aromatic nitrogens is 2. The van der Waals surface area contributed by atoms with E-state index in [0.29, 0.717) is 6.04 Å². The third-order valence-corrected chi connectivity index (χ3v) is 3.41. The number of benzene rings is 1. The summed E-state index contributed by atoms with van der Waals surface area (Å²) in [6.45, 7) is 1.51. The van der Waals surface area contributed by atoms with Crippen LogP contribution in [0.4, 0.5) is 0 Å². The molecule has 0 bridgehead atoms. The van der Waals surface area contributed by atoms with Crippen LogP contribution in [0.15, 0.2) is 22.8 Å². The Balaban J connectivity index is 2.09. The van der Waals surface area contributed by atoms with Crippen molar-refractivity contribution in [1.29, 1.82) is 0 Å². The minimum absolute atomic E-state index is 0.386. The van der Waals surface area contributed by atoms with Crippen LogP contribution in [0, 0.1) is 0 Å². The smallest absolute Gasteiger partial charge is 0.135 e. The largest absolute Gasteiger partial charge is 0.495 e. The lowest BCUT2D eigenvalue weighted by atomic mass is 10.2. The molecule has 0 aliphatic carbocycles. The zero-order valence-electron chi connectivity index (χ0n) is 8.81. The van der Waals surface area contributed by atoms with Gasteiger partial charge in [-0.15, -0.1) is 0 Å². The topological polar surface area (TPSA) is 36.3 Å². The van der Waals surface area contributed by atoms with Gasteiger partial charge in [-0.1, -0.05) is 0 Å². The predicted molar refractivity (Wildman–Crippen MR) is 63.8 cm³/mol. The Bertz CT molecular complexity index is 534. The van der Waals surface area contributed by atoms with E-state index in [1.165, 1.54) is 0 Å². The molecule has 1 aromatic carbocycles. The molecule has 1 aliphatic rings. The molecule has 2 heterocycles. The van der Waals surface area contributed by atoms with Gasteiger partial charge < -0.3 is 9.47 Å². The van der Waals surface area contributed by atoms with Gasteiger partial charge in [-0.3, -0.25) is 4.68 Å². The summed E-state index contributed by atoms with van der Waals surface area (Å²) in [5.41, 5.74) is 0.951. The lowest BCUT2D eigenvalue weighted by Crippen LogP contribution is -2.30. The molecule has 0 spiro atoms. The first-order chi connectivity index (χ1) is 7.78. The molecule has 0 amide bonds. The van der Waals surface area contributed by atoms with Gasteiger partial charge in [0, 0.05) is 17.6 Å². The van der Waals surface area contributed by atoms with Crippen LogP contribution in [0.3, 0.4) is 0 Å². The van der Waals surface area contributed by atoms with Crippen molar-refractivity contribution < 1.29 is 9.47 Å². The third kappa shape index (κ3) is 1.51. The highest BCUT2D eigenvalue weighted by atomic mass is 79.9. The summed E-state index contributed by atoms with van der Waals surface area (Å²) in [7, 11) is 1.66. The second-order valence-corrected chi connectivity index (χ2v) is 4.70. The van der Waals surface area contributed by atoms with E-state index in [1.807, 2.05) is 23.0 Å². The lowest BCUT2D eigenvalue weighted by molar-refractivity contribution is -0.0283. The van der Waals surface area contributed by atoms with E-state index in [-0.39, 0.29) is 0 Å². The first kappa shape index (κ1) is 10.1. The van der Waals surface area contributed by atoms with Crippen molar-refractivity contribution in [2.24, 2.45) is 0 Å². The summed E-state index contributed by atoms with van der Waals surface area (Å²) in [6, 6.07) is 4.35. The van der Waals surface area contributed by atoms with Crippen LogP contribution in [0.1, 0.15) is 6.04 Å². The Morgan fingerprint density at radius 3 is 2.94 bits per heavy atom. The number of nitrogens with zero attached hydrogens (tertiary/aromatic N) is 2. The molecular weight excluding hydrogens is 272 g/mol. The SMILES string of the molecule is COc1cc2nn(C3COC3)cc2cc1Br. The third-order valence-electron chi connectivity index (χ3n) is 2.79. The molecule has 1 aromatic heterocycles. The van der Waals surface area contributed by atoms with Crippen molar-refractivity contribution in [3.05, 3.63) is 22.8 Å². The van der Waals surface area contributed by atoms with Crippen LogP contribution in [0.5, 0.6) is 5.75 Å². The maximum absolute atomic E-state index is 5.24. The van der Waals surface area contributed by atoms with Crippen molar-refractivity contribution in [1.82, 2.24) is 9.78 Å². The molecule has 84 valence electrons. The molecule has 0 atom stereocenters. The number of halogens is 1. The normalized spacial score (nSPS) is 16.4. The summed E-state index contributed by atoms with van der Waals surface area (Å²) in [6.07, 6.45) is 2.05. The summed E-state index contributed by atoms with van der Waals surface area (Å²) >= 11 is 3.47. The lowest BCUT2D eigenvalue weighted by Gasteiger charge is -2.25. The van der Waals surface area contributed by atoms with Gasteiger partial charge in [-0.2, -0.15) is 5.10 Å². The Kier molecular flexibility index (Phi) is 2.37. The minimum Gasteiger partial charge on any atom is -0.495 e. The Morgan fingerprint density at radius 1 is 1.50 bits per heavy atom. The van der Waals surface area contributed by atoms with Gasteiger partial charge in [-0.25, -0.2) is 0 Å². The molecule has 3 rings (SSSR count). The first-order valence-corrected chi connectivity index (χ1v) is 5.87. The van der Waals surface area contributed by atoms with Gasteiger partial charge in [0.15, 0.2) is 0 Å². The quantitative estimate of drug-likeness (QED) is 0.849. The number of hydrogen-bond donors (Lipinski definition) is 0. The molecule has 4 nitrogen and oxygen atoms in total. The Hall–Kier alpha value is -1.07. The van der Waals surface area contributed by atoms with Crippen molar-refractivity contribution in [2.45, 2.75) is 6.04 Å². The van der Waals surface area contributed by atoms with E-state index in [1.54, 1.807) is 7.11 Å². The van der Waals surface area contributed by atoms with Crippen molar-refractivity contribution in [2.75, 3.05) is 20.3 Å². The average Bonchev–Trinajstić information content (AvgIpc) is 2.55. The Morgan fingerprint density at radius 2 is 2.31 bits per heavy atom. The van der Waals surface area contributed by atoms with E-state index in [0.717, 1.165) is 34.3 Å². The van der Waals surface area contributed by atoms with E-state index < -0.39 is 0 Å². The number of hydrogen-bond acceptors (Lipinski definition) is 3. The van der Waals surface area contributed by atoms with Gasteiger partial charge in [-0.05, 0) is 22.0 Å². The molecule has 0 N–H and O–H groups in total. The number of fused-ring (bicyclic) bond motifs is 1. The van der Waals surface area contributed by atoms with E-state index in [4.69, 9.17) is 9.47 Å². The summed E-state index contributed by atoms with van der Waals surface area (Å²) in [5, 5.41) is 5.63. The monoisotopic (exact) mass is 282 g/mol. The molecule has 0 unspecified atom stereocenters. The standard InChI is InChI=1S/C11H11BrN2O2/c1-15-11-3-10-7(2-9(11)12)4-14(13-10)8-5-16-6-8/h2-4,8H,5-6H2,1H3. The summed E-state index contributed by atoms with van der Waals surface area (Å²) in [4.78, 5) is 0. The predicted octanol–water partition coefficient (Wildman–Crippen LogP) is 2.38. The van der Waals surface area contributed by atoms with Crippen molar-refractivity contribution in [3.63, 3.8) is 0 Å². The zero-order chi connectivity index (χ0) is 11.1. The maximum atomic E-state index is 5.24. The second-order valence-electron chi connectivity index (χ2n) is 3.85. The molecule has 1 aliphatic heterocycles. The maximum Gasteiger partial charge on any atom is 0.135 e. The van der Waals surface area contributed by atoms with Gasteiger partial charge in [0.25, 0.3) is 0 Å². The number of ether oxygens (including phenoxy) is 2. The summed E-state index contributed by atoms with van der Waals surface area (Å²) in [5.74, 6) is 0.808. The molecule has 5 heteroatoms. The van der Waals surface area contributed by atoms with Gasteiger partial charge in [0.1, 0.15) is 5.75 Å². The molecule has 0 saturated carbocycles. The van der Waals surface area contributed by atoms with E-state index in [2.05, 4.69) is 21.0 Å². The average molecular weight is 283 g/mol. The van der Waals surface area contributed by atoms with Crippen LogP contribution in [0.25, 0.3) is 10.9 Å². The number of rotatable bonds is 2. The second kappa shape index (κ2) is 3.75. The Labute approximate surface area is 101 Å². The van der Waals surface area contributed by atoms with Crippen LogP contribution in [-0.4, -0.2) is 30.1 Å². The van der Waals surface area contributed by atoms with Gasteiger partial charge in [0.05, 0.1) is 36.4 Å². The van der Waals surface area contributed by atoms with Gasteiger partial charge in [0.2, 0.25) is 0 Å². The molecule has 1 fully saturated rings. The van der Waals surface area contributed by atoms with Crippen molar-refractivity contribution >= 4 is 26.8 Å². The fourth-order valence-electron chi connectivity index (χ4n) is 1.76. The van der Waals surface area contributed by atoms with Gasteiger partial charge >= 0.3 is 0 Å². The summed E-state index contributed by atoms with van der Waals surface area (Å²) < 4.78 is 13.3.